The van der Waals surface area contributed by atoms with Crippen molar-refractivity contribution in [1.29, 1.82) is 0 Å². The number of amides is 2. The Morgan fingerprint density at radius 2 is 2.25 bits per heavy atom. The molecule has 1 fully saturated rings. The number of hydrazine groups is 1. The Labute approximate surface area is 95.0 Å². The van der Waals surface area contributed by atoms with Gasteiger partial charge in [0.2, 0.25) is 0 Å². The average molecular weight is 229 g/mol. The summed E-state index contributed by atoms with van der Waals surface area (Å²) in [6.07, 6.45) is 0.508. The third kappa shape index (κ3) is 3.10. The van der Waals surface area contributed by atoms with E-state index in [-0.39, 0.29) is 11.8 Å². The molecule has 0 radical (unpaired) electrons. The third-order valence-corrected chi connectivity index (χ3v) is 2.89. The minimum absolute atomic E-state index is 0.00833. The van der Waals surface area contributed by atoms with E-state index in [9.17, 15) is 9.59 Å². The molecule has 92 valence electrons. The molecule has 1 aliphatic rings. The zero-order chi connectivity index (χ0) is 12.1. The Morgan fingerprint density at radius 3 is 2.69 bits per heavy atom. The lowest BCUT2D eigenvalue weighted by atomic mass is 9.98. The first-order valence-electron chi connectivity index (χ1n) is 5.60. The molecule has 0 aromatic rings. The molecule has 0 spiro atoms. The molecular formula is C10H19N3O3. The highest BCUT2D eigenvalue weighted by Gasteiger charge is 2.31. The number of rotatable bonds is 4. The smallest absolute Gasteiger partial charge is 0.405 e. The summed E-state index contributed by atoms with van der Waals surface area (Å²) in [5.41, 5.74) is 2.94. The van der Waals surface area contributed by atoms with Gasteiger partial charge in [0, 0.05) is 13.1 Å². The van der Waals surface area contributed by atoms with Crippen LogP contribution in [0.4, 0.5) is 4.79 Å². The Hall–Kier alpha value is -1.30. The van der Waals surface area contributed by atoms with Gasteiger partial charge in [0.1, 0.15) is 6.04 Å². The Bertz CT molecular complexity index is 264. The lowest BCUT2D eigenvalue weighted by Gasteiger charge is -2.26. The first kappa shape index (κ1) is 12.8. The van der Waals surface area contributed by atoms with Crippen LogP contribution < -0.4 is 10.7 Å². The van der Waals surface area contributed by atoms with Crippen molar-refractivity contribution >= 4 is 12.0 Å². The first-order chi connectivity index (χ1) is 7.56. The normalized spacial score (nSPS) is 19.2. The molecule has 2 unspecified atom stereocenters. The van der Waals surface area contributed by atoms with E-state index in [1.807, 2.05) is 13.8 Å². The molecule has 1 heterocycles. The van der Waals surface area contributed by atoms with Crippen LogP contribution >= 0.6 is 0 Å². The first-order valence-corrected chi connectivity index (χ1v) is 5.60. The predicted molar refractivity (Wildman–Crippen MR) is 58.7 cm³/mol. The fourth-order valence-electron chi connectivity index (χ4n) is 1.70. The number of carbonyl (C=O) groups excluding carboxylic acids is 1. The fourth-order valence-corrected chi connectivity index (χ4v) is 1.70. The van der Waals surface area contributed by atoms with Gasteiger partial charge in [-0.1, -0.05) is 20.3 Å². The highest BCUT2D eigenvalue weighted by atomic mass is 16.4. The molecule has 3 N–H and O–H groups in total. The predicted octanol–water partition coefficient (Wildman–Crippen LogP) is 0.406. The number of nitrogens with one attached hydrogen (secondary N) is 2. The molecule has 1 aliphatic heterocycles. The molecule has 1 rings (SSSR count). The van der Waals surface area contributed by atoms with Gasteiger partial charge in [0.05, 0.1) is 0 Å². The Morgan fingerprint density at radius 1 is 1.56 bits per heavy atom. The summed E-state index contributed by atoms with van der Waals surface area (Å²) in [5.74, 6) is -0.194. The number of hydrogen-bond donors (Lipinski definition) is 3. The number of carbonyl (C=O) groups is 2. The van der Waals surface area contributed by atoms with Crippen molar-refractivity contribution in [1.82, 2.24) is 15.8 Å². The highest BCUT2D eigenvalue weighted by molar-refractivity contribution is 5.85. The van der Waals surface area contributed by atoms with Crippen molar-refractivity contribution < 1.29 is 14.7 Å². The van der Waals surface area contributed by atoms with E-state index in [4.69, 9.17) is 5.11 Å². The van der Waals surface area contributed by atoms with Gasteiger partial charge in [-0.3, -0.25) is 9.80 Å². The topological polar surface area (TPSA) is 81.7 Å². The van der Waals surface area contributed by atoms with Crippen LogP contribution in [0.15, 0.2) is 0 Å². The molecule has 0 aromatic heterocycles. The van der Waals surface area contributed by atoms with Crippen LogP contribution in [-0.2, 0) is 4.79 Å². The van der Waals surface area contributed by atoms with Crippen molar-refractivity contribution in [3.8, 4) is 0 Å². The molecule has 2 amide bonds. The van der Waals surface area contributed by atoms with E-state index in [1.165, 1.54) is 5.01 Å². The summed E-state index contributed by atoms with van der Waals surface area (Å²) in [6.45, 7) is 5.22. The number of nitrogens with zero attached hydrogens (tertiary/aromatic N) is 1. The van der Waals surface area contributed by atoms with Crippen LogP contribution in [0.5, 0.6) is 0 Å². The zero-order valence-corrected chi connectivity index (χ0v) is 9.69. The van der Waals surface area contributed by atoms with Crippen LogP contribution in [0, 0.1) is 5.92 Å². The molecule has 0 bridgehead atoms. The van der Waals surface area contributed by atoms with Crippen LogP contribution in [0.1, 0.15) is 26.7 Å². The van der Waals surface area contributed by atoms with Gasteiger partial charge >= 0.3 is 6.09 Å². The van der Waals surface area contributed by atoms with Crippen molar-refractivity contribution in [2.75, 3.05) is 13.1 Å². The van der Waals surface area contributed by atoms with E-state index in [0.717, 1.165) is 19.4 Å². The van der Waals surface area contributed by atoms with Crippen molar-refractivity contribution in [3.05, 3.63) is 0 Å². The van der Waals surface area contributed by atoms with Crippen molar-refractivity contribution in [3.63, 3.8) is 0 Å². The molecule has 0 saturated carbocycles. The molecular weight excluding hydrogens is 210 g/mol. The maximum Gasteiger partial charge on any atom is 0.405 e. The van der Waals surface area contributed by atoms with Crippen LogP contribution in [-0.4, -0.2) is 41.2 Å². The highest BCUT2D eigenvalue weighted by Crippen LogP contribution is 2.11. The molecule has 6 heteroatoms. The van der Waals surface area contributed by atoms with Crippen LogP contribution in [0.2, 0.25) is 0 Å². The summed E-state index contributed by atoms with van der Waals surface area (Å²) in [7, 11) is 0. The molecule has 2 atom stereocenters. The van der Waals surface area contributed by atoms with Crippen LogP contribution in [0.3, 0.4) is 0 Å². The minimum Gasteiger partial charge on any atom is -0.465 e. The standard InChI is InChI=1S/C10H19N3O3/c1-3-7(2)8(12-10(15)16)9(14)13-6-4-5-11-13/h7-8,11-12H,3-6H2,1-2H3,(H,15,16). The van der Waals surface area contributed by atoms with Crippen LogP contribution in [0.25, 0.3) is 0 Å². The third-order valence-electron chi connectivity index (χ3n) is 2.89. The van der Waals surface area contributed by atoms with Gasteiger partial charge in [-0.15, -0.1) is 0 Å². The van der Waals surface area contributed by atoms with Crippen molar-refractivity contribution in [2.24, 2.45) is 5.92 Å². The minimum atomic E-state index is -1.15. The van der Waals surface area contributed by atoms with Crippen molar-refractivity contribution in [2.45, 2.75) is 32.7 Å². The monoisotopic (exact) mass is 229 g/mol. The second-order valence-electron chi connectivity index (χ2n) is 4.06. The molecule has 0 aromatic carbocycles. The summed E-state index contributed by atoms with van der Waals surface area (Å²) >= 11 is 0. The van der Waals surface area contributed by atoms with E-state index < -0.39 is 12.1 Å². The fraction of sp³-hybridized carbons (Fsp3) is 0.800. The second kappa shape index (κ2) is 5.69. The Kier molecular flexibility index (Phi) is 4.54. The van der Waals surface area contributed by atoms with Gasteiger partial charge < -0.3 is 10.4 Å². The average Bonchev–Trinajstić information content (AvgIpc) is 2.77. The summed E-state index contributed by atoms with van der Waals surface area (Å²) in [5, 5.41) is 12.5. The second-order valence-corrected chi connectivity index (χ2v) is 4.06. The van der Waals surface area contributed by atoms with Gasteiger partial charge in [-0.05, 0) is 12.3 Å². The zero-order valence-electron chi connectivity index (χ0n) is 9.69. The van der Waals surface area contributed by atoms with E-state index in [1.54, 1.807) is 0 Å². The molecule has 6 nitrogen and oxygen atoms in total. The largest absolute Gasteiger partial charge is 0.465 e. The van der Waals surface area contributed by atoms with Gasteiger partial charge in [-0.25, -0.2) is 10.2 Å². The maximum absolute atomic E-state index is 12.0. The number of carboxylic acid groups (broad SMARTS) is 1. The van der Waals surface area contributed by atoms with Gasteiger partial charge in [0.25, 0.3) is 5.91 Å². The lowest BCUT2D eigenvalue weighted by molar-refractivity contribution is -0.136. The maximum atomic E-state index is 12.0. The van der Waals surface area contributed by atoms with Gasteiger partial charge in [-0.2, -0.15) is 0 Å². The summed E-state index contributed by atoms with van der Waals surface area (Å²) in [6, 6.07) is -0.659. The summed E-state index contributed by atoms with van der Waals surface area (Å²) in [4.78, 5) is 22.7. The molecule has 1 saturated heterocycles. The lowest BCUT2D eigenvalue weighted by Crippen LogP contribution is -2.53. The molecule has 16 heavy (non-hydrogen) atoms. The Balaban J connectivity index is 2.66. The molecule has 0 aliphatic carbocycles. The van der Waals surface area contributed by atoms with E-state index in [0.29, 0.717) is 6.54 Å². The SMILES string of the molecule is CCC(C)C(NC(=O)O)C(=O)N1CCCN1. The van der Waals surface area contributed by atoms with Gasteiger partial charge in [0.15, 0.2) is 0 Å². The van der Waals surface area contributed by atoms with E-state index >= 15 is 0 Å². The summed E-state index contributed by atoms with van der Waals surface area (Å²) < 4.78 is 0. The quantitative estimate of drug-likeness (QED) is 0.652. The number of hydrogen-bond acceptors (Lipinski definition) is 3. The van der Waals surface area contributed by atoms with E-state index in [2.05, 4.69) is 10.7 Å².